The molecule has 0 amide bonds. The van der Waals surface area contributed by atoms with Crippen molar-refractivity contribution in [2.75, 3.05) is 52.6 Å². The van der Waals surface area contributed by atoms with E-state index in [2.05, 4.69) is 23.6 Å². The van der Waals surface area contributed by atoms with E-state index in [-0.39, 0.29) is 13.2 Å². The minimum absolute atomic E-state index is 0.143. The summed E-state index contributed by atoms with van der Waals surface area (Å²) in [6, 6.07) is 0. The van der Waals surface area contributed by atoms with Crippen molar-refractivity contribution >= 4 is 0 Å². The van der Waals surface area contributed by atoms with Gasteiger partial charge >= 0.3 is 27.5 Å². The quantitative estimate of drug-likeness (QED) is 0.172. The number of unbranched alkanes of at least 4 members (excludes halogenated alkanes) is 2. The van der Waals surface area contributed by atoms with E-state index in [1.165, 1.54) is 0 Å². The van der Waals surface area contributed by atoms with Crippen LogP contribution in [0.5, 0.6) is 0 Å². The first-order valence-corrected chi connectivity index (χ1v) is 10.3. The second-order valence-electron chi connectivity index (χ2n) is 4.91. The van der Waals surface area contributed by atoms with Gasteiger partial charge in [0.05, 0.1) is 26.3 Å². The van der Waals surface area contributed by atoms with Gasteiger partial charge in [0.1, 0.15) is 0 Å². The molecule has 11 nitrogen and oxygen atoms in total. The molecule has 12 heteroatoms. The van der Waals surface area contributed by atoms with Crippen molar-refractivity contribution in [1.29, 1.82) is 0 Å². The summed E-state index contributed by atoms with van der Waals surface area (Å²) in [5.41, 5.74) is 0. The maximum atomic E-state index is 8.63. The standard InChI is InChI=1S/2C4H11NO3.2C4H10O.O.Zr/c2*1-2-5(6)3-4-8-7;2*1-2-3-4-5;;/h2*6-7H,2-4H2,1H3;2*5H,2-4H2,1H3;;. The molecule has 28 heavy (non-hydrogen) atoms. The summed E-state index contributed by atoms with van der Waals surface area (Å²) in [4.78, 5) is 7.43. The summed E-state index contributed by atoms with van der Waals surface area (Å²) >= 11 is 0.300. The van der Waals surface area contributed by atoms with Crippen LogP contribution in [0.15, 0.2) is 0 Å². The SMILES string of the molecule is CCCCO.CCCCO.CCN(O)CCOO.CCN(O)CCOO.[O]=[Zr]. The second-order valence-corrected chi connectivity index (χ2v) is 4.91. The van der Waals surface area contributed by atoms with Gasteiger partial charge in [-0.2, -0.15) is 10.1 Å². The van der Waals surface area contributed by atoms with Gasteiger partial charge in [-0.1, -0.05) is 40.5 Å². The van der Waals surface area contributed by atoms with Crippen molar-refractivity contribution in [2.24, 2.45) is 0 Å². The van der Waals surface area contributed by atoms with Crippen LogP contribution in [-0.2, 0) is 37.3 Å². The van der Waals surface area contributed by atoms with Crippen molar-refractivity contribution in [2.45, 2.75) is 53.4 Å². The zero-order valence-corrected chi connectivity index (χ0v) is 20.2. The van der Waals surface area contributed by atoms with E-state index in [9.17, 15) is 0 Å². The summed E-state index contributed by atoms with van der Waals surface area (Å²) < 4.78 is 8.34. The van der Waals surface area contributed by atoms with Gasteiger partial charge in [-0.25, -0.2) is 9.78 Å². The molecule has 0 aromatic heterocycles. The normalized spacial score (nSPS) is 9.11. The first kappa shape index (κ1) is 38.8. The fourth-order valence-corrected chi connectivity index (χ4v) is 0.925. The Morgan fingerprint density at radius 2 is 1.00 bits per heavy atom. The molecule has 0 atom stereocenters. The van der Waals surface area contributed by atoms with E-state index < -0.39 is 0 Å². The Balaban J connectivity index is -0.0000000833. The molecule has 0 rings (SSSR count). The molecule has 0 fully saturated rings. The summed E-state index contributed by atoms with van der Waals surface area (Å²) in [7, 11) is 0. The van der Waals surface area contributed by atoms with Crippen LogP contribution in [0.25, 0.3) is 0 Å². The third-order valence-electron chi connectivity index (χ3n) is 2.63. The first-order chi connectivity index (χ1) is 13.4. The Labute approximate surface area is 184 Å². The third-order valence-corrected chi connectivity index (χ3v) is 2.63. The Hall–Kier alpha value is 0.283. The van der Waals surface area contributed by atoms with E-state index in [0.717, 1.165) is 35.8 Å². The van der Waals surface area contributed by atoms with Gasteiger partial charge in [0.2, 0.25) is 0 Å². The van der Waals surface area contributed by atoms with Gasteiger partial charge in [-0.15, -0.1) is 0 Å². The predicted octanol–water partition coefficient (Wildman–Crippen LogP) is 1.81. The van der Waals surface area contributed by atoms with Gasteiger partial charge in [0, 0.05) is 26.3 Å². The van der Waals surface area contributed by atoms with Gasteiger partial charge in [0.15, 0.2) is 0 Å². The molecule has 0 aliphatic rings. The second kappa shape index (κ2) is 45.8. The monoisotopic (exact) mass is 496 g/mol. The molecule has 0 unspecified atom stereocenters. The van der Waals surface area contributed by atoms with E-state index >= 15 is 0 Å². The Morgan fingerprint density at radius 1 is 0.714 bits per heavy atom. The van der Waals surface area contributed by atoms with Crippen LogP contribution in [0.2, 0.25) is 0 Å². The van der Waals surface area contributed by atoms with E-state index in [0.29, 0.717) is 64.1 Å². The molecular weight excluding hydrogens is 455 g/mol. The molecule has 0 radical (unpaired) electrons. The predicted molar refractivity (Wildman–Crippen MR) is 99.9 cm³/mol. The molecule has 0 saturated heterocycles. The number of hydroxylamine groups is 4. The van der Waals surface area contributed by atoms with E-state index in [1.807, 2.05) is 0 Å². The van der Waals surface area contributed by atoms with Crippen LogP contribution in [0.4, 0.5) is 0 Å². The molecular formula is C16H42N2O9Zr. The van der Waals surface area contributed by atoms with Crippen molar-refractivity contribution in [3.63, 3.8) is 0 Å². The zero-order valence-electron chi connectivity index (χ0n) is 17.8. The molecule has 6 N–H and O–H groups in total. The summed E-state index contributed by atoms with van der Waals surface area (Å²) in [5, 5.41) is 51.0. The van der Waals surface area contributed by atoms with Crippen molar-refractivity contribution in [1.82, 2.24) is 10.1 Å². The molecule has 0 aromatic carbocycles. The average molecular weight is 498 g/mol. The number of aliphatic hydroxyl groups is 2. The fourth-order valence-electron chi connectivity index (χ4n) is 0.925. The zero-order chi connectivity index (χ0) is 23.1. The topological polar surface area (TPSA) is 163 Å². The van der Waals surface area contributed by atoms with Gasteiger partial charge in [-0.05, 0) is 12.8 Å². The van der Waals surface area contributed by atoms with Crippen LogP contribution in [0.3, 0.4) is 0 Å². The van der Waals surface area contributed by atoms with Crippen LogP contribution in [-0.4, -0.2) is 93.9 Å². The number of likely N-dealkylation sites (N-methyl/N-ethyl adjacent to an activating group) is 2. The Kier molecular flexibility index (Phi) is 63.5. The van der Waals surface area contributed by atoms with Gasteiger partial charge in [0.25, 0.3) is 0 Å². The third kappa shape index (κ3) is 63.4. The summed E-state index contributed by atoms with van der Waals surface area (Å²) in [6.45, 7) is 10.5. The van der Waals surface area contributed by atoms with Gasteiger partial charge in [-0.3, -0.25) is 10.5 Å². The number of aliphatic hydroxyl groups excluding tert-OH is 2. The summed E-state index contributed by atoms with van der Waals surface area (Å²) in [6.07, 6.45) is 4.08. The number of rotatable bonds is 12. The Bertz CT molecular complexity index is 201. The van der Waals surface area contributed by atoms with E-state index in [4.69, 9.17) is 34.0 Å². The average Bonchev–Trinajstić information content (AvgIpc) is 2.74. The van der Waals surface area contributed by atoms with Crippen LogP contribution < -0.4 is 0 Å². The molecule has 0 aliphatic heterocycles. The van der Waals surface area contributed by atoms with Crippen molar-refractivity contribution in [3.8, 4) is 0 Å². The number of hydrogen-bond acceptors (Lipinski definition) is 11. The van der Waals surface area contributed by atoms with Gasteiger partial charge < -0.3 is 20.6 Å². The van der Waals surface area contributed by atoms with Crippen LogP contribution in [0, 0.1) is 0 Å². The number of nitrogens with zero attached hydrogens (tertiary/aromatic N) is 2. The van der Waals surface area contributed by atoms with Crippen LogP contribution >= 0.6 is 0 Å². The molecule has 0 spiro atoms. The summed E-state index contributed by atoms with van der Waals surface area (Å²) in [5.74, 6) is 0. The molecule has 0 saturated carbocycles. The fraction of sp³-hybridized carbons (Fsp3) is 1.00. The molecule has 0 bridgehead atoms. The van der Waals surface area contributed by atoms with Crippen LogP contribution in [0.1, 0.15) is 53.4 Å². The first-order valence-electron chi connectivity index (χ1n) is 9.27. The molecule has 0 aliphatic carbocycles. The van der Waals surface area contributed by atoms with E-state index in [1.54, 1.807) is 13.8 Å². The minimum atomic E-state index is 0.143. The number of hydrogen-bond donors (Lipinski definition) is 6. The molecule has 0 heterocycles. The van der Waals surface area contributed by atoms with Crippen molar-refractivity contribution in [3.05, 3.63) is 0 Å². The molecule has 174 valence electrons. The molecule has 0 aromatic rings. The van der Waals surface area contributed by atoms with Crippen molar-refractivity contribution < 1.29 is 68.5 Å². The Morgan fingerprint density at radius 3 is 1.11 bits per heavy atom. The maximum absolute atomic E-state index is 8.63.